The van der Waals surface area contributed by atoms with Gasteiger partial charge in [0, 0.05) is 0 Å². The second kappa shape index (κ2) is 4.63. The Morgan fingerprint density at radius 1 is 1.00 bits per heavy atom. The van der Waals surface area contributed by atoms with Crippen LogP contribution < -0.4 is 10.6 Å². The summed E-state index contributed by atoms with van der Waals surface area (Å²) in [5.41, 5.74) is -1.06. The molecule has 5 nitrogen and oxygen atoms in total. The van der Waals surface area contributed by atoms with Gasteiger partial charge >= 0.3 is 24.9 Å². The minimum absolute atomic E-state index is 0. The number of nitrogens with one attached hydrogen (secondary N) is 2. The van der Waals surface area contributed by atoms with Crippen LogP contribution in [0.25, 0.3) is 0 Å². The predicted octanol–water partition coefficient (Wildman–Crippen LogP) is -0.490. The molecular weight excluding hydrogens is 179 g/mol. The number of hydrogen-bond donors (Lipinski definition) is 2. The molecule has 0 saturated carbocycles. The molecule has 4 amide bonds. The molecule has 6 heteroatoms. The molecule has 0 radical (unpaired) electrons. The molecule has 1 aliphatic heterocycles. The van der Waals surface area contributed by atoms with Crippen LogP contribution in [-0.4, -0.2) is 36.7 Å². The monoisotopic (exact) mass is 192 g/mol. The van der Waals surface area contributed by atoms with Gasteiger partial charge in [-0.1, -0.05) is 13.8 Å². The van der Waals surface area contributed by atoms with E-state index in [0.717, 1.165) is 0 Å². The van der Waals surface area contributed by atoms with E-state index in [0.29, 0.717) is 12.8 Å². The fourth-order valence-corrected chi connectivity index (χ4v) is 1.47. The third-order valence-corrected chi connectivity index (χ3v) is 2.53. The maximum absolute atomic E-state index is 11.4. The van der Waals surface area contributed by atoms with Gasteiger partial charge in [-0.05, 0) is 12.8 Å². The van der Waals surface area contributed by atoms with Gasteiger partial charge in [-0.25, -0.2) is 4.79 Å². The second-order valence-electron chi connectivity index (χ2n) is 3.03. The quantitative estimate of drug-likeness (QED) is 0.458. The van der Waals surface area contributed by atoms with E-state index in [1.807, 2.05) is 0 Å². The number of imide groups is 2. The average molecular weight is 192 g/mol. The van der Waals surface area contributed by atoms with E-state index < -0.39 is 23.3 Å². The summed E-state index contributed by atoms with van der Waals surface area (Å²) < 4.78 is 0. The van der Waals surface area contributed by atoms with Crippen LogP contribution in [0.1, 0.15) is 26.7 Å². The van der Waals surface area contributed by atoms with E-state index in [1.54, 1.807) is 13.8 Å². The zero-order valence-corrected chi connectivity index (χ0v) is 7.64. The van der Waals surface area contributed by atoms with Crippen LogP contribution in [0.3, 0.4) is 0 Å². The SMILES string of the molecule is CCC1(CC)C(=O)NC(=O)NC1=O.[LiH]. The Labute approximate surface area is 94.2 Å². The number of hydrogen-bond acceptors (Lipinski definition) is 3. The Hall–Kier alpha value is -0.793. The molecule has 1 rings (SSSR count). The first-order chi connectivity index (χ1) is 6.06. The van der Waals surface area contributed by atoms with Crippen molar-refractivity contribution in [1.82, 2.24) is 10.6 Å². The van der Waals surface area contributed by atoms with E-state index in [1.165, 1.54) is 0 Å². The summed E-state index contributed by atoms with van der Waals surface area (Å²) in [4.78, 5) is 33.6. The van der Waals surface area contributed by atoms with Crippen LogP contribution in [0, 0.1) is 5.41 Å². The van der Waals surface area contributed by atoms with Crippen LogP contribution >= 0.6 is 0 Å². The van der Waals surface area contributed by atoms with Crippen LogP contribution in [-0.2, 0) is 9.59 Å². The Kier molecular flexibility index (Phi) is 4.36. The molecule has 2 N–H and O–H groups in total. The molecule has 74 valence electrons. The summed E-state index contributed by atoms with van der Waals surface area (Å²) in [5.74, 6) is -0.988. The second-order valence-corrected chi connectivity index (χ2v) is 3.03. The molecular formula is C8H13LiN2O3. The van der Waals surface area contributed by atoms with E-state index in [4.69, 9.17) is 0 Å². The first-order valence-corrected chi connectivity index (χ1v) is 4.23. The summed E-state index contributed by atoms with van der Waals surface area (Å²) in [5, 5.41) is 4.19. The molecule has 0 unspecified atom stereocenters. The van der Waals surface area contributed by atoms with Gasteiger partial charge in [0.2, 0.25) is 11.8 Å². The van der Waals surface area contributed by atoms with Gasteiger partial charge in [0.05, 0.1) is 0 Å². The Balaban J connectivity index is 0.00000169. The average Bonchev–Trinajstić information content (AvgIpc) is 2.05. The van der Waals surface area contributed by atoms with E-state index >= 15 is 0 Å². The Morgan fingerprint density at radius 3 is 1.64 bits per heavy atom. The van der Waals surface area contributed by atoms with Crippen molar-refractivity contribution in [2.75, 3.05) is 0 Å². The van der Waals surface area contributed by atoms with Crippen molar-refractivity contribution in [3.63, 3.8) is 0 Å². The summed E-state index contributed by atoms with van der Waals surface area (Å²) in [7, 11) is 0. The standard InChI is InChI=1S/C8H12N2O3.Li.H/c1-3-8(4-2)5(11)9-7(13)10-6(8)12;;/h3-4H2,1-2H3,(H2,9,10,11,12,13);;. The minimum atomic E-state index is -1.06. The Morgan fingerprint density at radius 2 is 1.36 bits per heavy atom. The maximum atomic E-state index is 11.4. The zero-order chi connectivity index (χ0) is 10.1. The molecule has 0 spiro atoms. The normalized spacial score (nSPS) is 19.4. The van der Waals surface area contributed by atoms with Crippen molar-refractivity contribution in [2.45, 2.75) is 26.7 Å². The number of amides is 4. The van der Waals surface area contributed by atoms with E-state index in [9.17, 15) is 14.4 Å². The number of carbonyl (C=O) groups excluding carboxylic acids is 3. The molecule has 0 aromatic carbocycles. The molecule has 0 aliphatic carbocycles. The first kappa shape index (κ1) is 13.2. The van der Waals surface area contributed by atoms with Crippen molar-refractivity contribution in [3.05, 3.63) is 0 Å². The van der Waals surface area contributed by atoms with Crippen LogP contribution in [0.2, 0.25) is 0 Å². The van der Waals surface area contributed by atoms with Crippen molar-refractivity contribution < 1.29 is 14.4 Å². The van der Waals surface area contributed by atoms with Gasteiger partial charge in [-0.3, -0.25) is 20.2 Å². The van der Waals surface area contributed by atoms with E-state index in [-0.39, 0.29) is 18.9 Å². The molecule has 0 aromatic heterocycles. The molecule has 0 aromatic rings. The van der Waals surface area contributed by atoms with Gasteiger partial charge in [0.1, 0.15) is 5.41 Å². The molecule has 1 saturated heterocycles. The molecule has 0 bridgehead atoms. The summed E-state index contributed by atoms with van der Waals surface area (Å²) in [6.07, 6.45) is 0.795. The third kappa shape index (κ3) is 1.84. The van der Waals surface area contributed by atoms with Crippen molar-refractivity contribution in [3.8, 4) is 0 Å². The van der Waals surface area contributed by atoms with Crippen LogP contribution in [0.15, 0.2) is 0 Å². The summed E-state index contributed by atoms with van der Waals surface area (Å²) in [6, 6.07) is -0.729. The van der Waals surface area contributed by atoms with Gasteiger partial charge in [0.15, 0.2) is 0 Å². The van der Waals surface area contributed by atoms with Crippen molar-refractivity contribution in [1.29, 1.82) is 0 Å². The van der Waals surface area contributed by atoms with Crippen LogP contribution in [0.4, 0.5) is 4.79 Å². The molecule has 1 heterocycles. The van der Waals surface area contributed by atoms with Gasteiger partial charge in [-0.15, -0.1) is 0 Å². The number of urea groups is 1. The van der Waals surface area contributed by atoms with E-state index in [2.05, 4.69) is 10.6 Å². The zero-order valence-electron chi connectivity index (χ0n) is 7.64. The Bertz CT molecular complexity index is 252. The van der Waals surface area contributed by atoms with Crippen LogP contribution in [0.5, 0.6) is 0 Å². The fraction of sp³-hybridized carbons (Fsp3) is 0.625. The fourth-order valence-electron chi connectivity index (χ4n) is 1.47. The first-order valence-electron chi connectivity index (χ1n) is 4.23. The number of carbonyl (C=O) groups is 3. The molecule has 0 atom stereocenters. The van der Waals surface area contributed by atoms with Crippen molar-refractivity contribution in [2.24, 2.45) is 5.41 Å². The number of rotatable bonds is 2. The van der Waals surface area contributed by atoms with Crippen molar-refractivity contribution >= 4 is 36.7 Å². The number of barbiturate groups is 1. The summed E-state index contributed by atoms with van der Waals surface area (Å²) >= 11 is 0. The summed E-state index contributed by atoms with van der Waals surface area (Å²) in [6.45, 7) is 3.50. The molecule has 1 fully saturated rings. The van der Waals surface area contributed by atoms with Gasteiger partial charge in [0.25, 0.3) is 0 Å². The van der Waals surface area contributed by atoms with Gasteiger partial charge in [-0.2, -0.15) is 0 Å². The third-order valence-electron chi connectivity index (χ3n) is 2.53. The molecule has 14 heavy (non-hydrogen) atoms. The predicted molar refractivity (Wildman–Crippen MR) is 51.8 cm³/mol. The molecule has 1 aliphatic rings. The topological polar surface area (TPSA) is 75.3 Å². The van der Waals surface area contributed by atoms with Gasteiger partial charge < -0.3 is 0 Å².